The van der Waals surface area contributed by atoms with Gasteiger partial charge in [0.25, 0.3) is 0 Å². The minimum atomic E-state index is -0.0375. The Bertz CT molecular complexity index is 2900. The predicted octanol–water partition coefficient (Wildman–Crippen LogP) is 13.0. The van der Waals surface area contributed by atoms with Gasteiger partial charge in [0.05, 0.1) is 34.9 Å². The Kier molecular flexibility index (Phi) is 8.73. The maximum Gasteiger partial charge on any atom is 0.187 e. The molecule has 9 rings (SSSR count). The summed E-state index contributed by atoms with van der Waals surface area (Å²) >= 11 is 0. The molecule has 6 nitrogen and oxygen atoms in total. The fourth-order valence-electron chi connectivity index (χ4n) is 7.50. The van der Waals surface area contributed by atoms with Crippen molar-refractivity contribution in [3.63, 3.8) is 0 Å². The molecule has 0 saturated carbocycles. The smallest absolute Gasteiger partial charge is 0.187 e. The number of hydrogen-bond acceptors (Lipinski definition) is 4. The zero-order valence-electron chi connectivity index (χ0n) is 31.8. The Morgan fingerprint density at radius 3 is 1.58 bits per heavy atom. The molecule has 2 aromatic heterocycles. The summed E-state index contributed by atoms with van der Waals surface area (Å²) in [6.45, 7) is 14.4. The first-order valence-electron chi connectivity index (χ1n) is 18.9. The minimum Gasteiger partial charge on any atom is -0.308 e. The first kappa shape index (κ1) is 35.1. The highest BCUT2D eigenvalue weighted by Gasteiger charge is 2.24. The van der Waals surface area contributed by atoms with Gasteiger partial charge in [-0.15, -0.1) is 0 Å². The second kappa shape index (κ2) is 14.2. The fraction of sp³-hybridized carbons (Fsp3) is 0.0784. The molecule has 0 amide bonds. The van der Waals surface area contributed by atoms with Crippen molar-refractivity contribution < 1.29 is 0 Å². The largest absolute Gasteiger partial charge is 0.308 e. The molecule has 2 heterocycles. The average Bonchev–Trinajstić information content (AvgIpc) is 3.59. The lowest BCUT2D eigenvalue weighted by Crippen LogP contribution is -2.10. The van der Waals surface area contributed by atoms with Crippen LogP contribution in [0.2, 0.25) is 0 Å². The van der Waals surface area contributed by atoms with Crippen LogP contribution in [-0.2, 0) is 5.41 Å². The van der Waals surface area contributed by atoms with Crippen LogP contribution in [0.5, 0.6) is 0 Å². The number of aromatic nitrogens is 4. The molecule has 0 unspecified atom stereocenters. The van der Waals surface area contributed by atoms with E-state index in [1.165, 1.54) is 10.9 Å². The van der Waals surface area contributed by atoms with E-state index in [0.717, 1.165) is 61.1 Å². The van der Waals surface area contributed by atoms with Gasteiger partial charge in [-0.1, -0.05) is 142 Å². The quantitative estimate of drug-likeness (QED) is 0.160. The number of nitrogens with zero attached hydrogens (tertiary/aromatic N) is 6. The lowest BCUT2D eigenvalue weighted by atomic mass is 9.86. The highest BCUT2D eigenvalue weighted by atomic mass is 15.0. The molecule has 7 aromatic carbocycles. The third-order valence-corrected chi connectivity index (χ3v) is 10.5. The molecule has 0 aliphatic rings. The van der Waals surface area contributed by atoms with Crippen LogP contribution in [0.4, 0.5) is 5.69 Å². The molecule has 57 heavy (non-hydrogen) atoms. The van der Waals surface area contributed by atoms with Crippen molar-refractivity contribution in [3.8, 4) is 68.2 Å². The second-order valence-electron chi connectivity index (χ2n) is 15.1. The zero-order valence-corrected chi connectivity index (χ0v) is 31.8. The lowest BCUT2D eigenvalue weighted by Gasteiger charge is -2.22. The molecule has 9 aromatic rings. The van der Waals surface area contributed by atoms with Gasteiger partial charge in [-0.2, -0.15) is 5.26 Å². The van der Waals surface area contributed by atoms with Crippen molar-refractivity contribution in [3.05, 3.63) is 186 Å². The maximum absolute atomic E-state index is 9.79. The summed E-state index contributed by atoms with van der Waals surface area (Å²) < 4.78 is 2.37. The van der Waals surface area contributed by atoms with Gasteiger partial charge in [0, 0.05) is 38.6 Å². The SMILES string of the molecule is [C-]#[N+]c1ccc(-c2cc(-c3nc(-c4ccccc4)nc(-c4ccccc4)n3)cc(-c3ccc(C#N)cc3)c2-n2c3ccccc3c3cc(C(C)(C)C)ccc32)cc1. The molecule has 0 radical (unpaired) electrons. The number of rotatable bonds is 6. The second-order valence-corrected chi connectivity index (χ2v) is 15.1. The number of fused-ring (bicyclic) bond motifs is 3. The summed E-state index contributed by atoms with van der Waals surface area (Å²) in [6, 6.07) is 57.4. The Morgan fingerprint density at radius 2 is 1.04 bits per heavy atom. The van der Waals surface area contributed by atoms with E-state index in [4.69, 9.17) is 21.5 Å². The number of para-hydroxylation sites is 1. The third-order valence-electron chi connectivity index (χ3n) is 10.5. The molecule has 270 valence electrons. The first-order valence-corrected chi connectivity index (χ1v) is 18.9. The zero-order chi connectivity index (χ0) is 39.1. The molecule has 0 atom stereocenters. The topological polar surface area (TPSA) is 71.8 Å². The highest BCUT2D eigenvalue weighted by Crippen LogP contribution is 2.44. The minimum absolute atomic E-state index is 0.0375. The Labute approximate surface area is 331 Å². The van der Waals surface area contributed by atoms with Crippen molar-refractivity contribution in [2.24, 2.45) is 0 Å². The van der Waals surface area contributed by atoms with Crippen LogP contribution in [0.25, 0.3) is 88.8 Å². The standard InChI is InChI=1S/C51H36N6/c1-51(2,3)39-25-28-46-44(31-39)41-17-11-12-18-45(41)57(46)47-42(34-21-19-33(32-52)20-22-34)29-38(30-43(47)35-23-26-40(53-4)27-24-35)50-55-48(36-13-7-5-8-14-36)54-49(56-50)37-15-9-6-10-16-37/h5-31H,1-3H3. The van der Waals surface area contributed by atoms with Gasteiger partial charge in [0.15, 0.2) is 23.2 Å². The lowest BCUT2D eigenvalue weighted by molar-refractivity contribution is 0.591. The molecule has 0 fully saturated rings. The van der Waals surface area contributed by atoms with E-state index >= 15 is 0 Å². The number of benzene rings is 7. The Morgan fingerprint density at radius 1 is 0.526 bits per heavy atom. The van der Waals surface area contributed by atoms with Gasteiger partial charge < -0.3 is 4.57 Å². The van der Waals surface area contributed by atoms with Crippen LogP contribution in [-0.4, -0.2) is 19.5 Å². The van der Waals surface area contributed by atoms with Gasteiger partial charge in [0.1, 0.15) is 0 Å². The van der Waals surface area contributed by atoms with E-state index in [2.05, 4.69) is 90.8 Å². The summed E-state index contributed by atoms with van der Waals surface area (Å²) in [5, 5.41) is 12.1. The van der Waals surface area contributed by atoms with E-state index in [-0.39, 0.29) is 5.41 Å². The van der Waals surface area contributed by atoms with Gasteiger partial charge in [-0.3, -0.25) is 0 Å². The Balaban J connectivity index is 1.41. The van der Waals surface area contributed by atoms with E-state index in [1.54, 1.807) is 0 Å². The predicted molar refractivity (Wildman–Crippen MR) is 231 cm³/mol. The molecule has 0 spiro atoms. The normalized spacial score (nSPS) is 11.4. The van der Waals surface area contributed by atoms with Gasteiger partial charge in [-0.25, -0.2) is 19.8 Å². The number of nitriles is 1. The van der Waals surface area contributed by atoms with Crippen LogP contribution in [0.3, 0.4) is 0 Å². The maximum atomic E-state index is 9.79. The Hall–Kier alpha value is -7.67. The van der Waals surface area contributed by atoms with E-state index in [9.17, 15) is 5.26 Å². The molecule has 6 heteroatoms. The average molecular weight is 733 g/mol. The van der Waals surface area contributed by atoms with Crippen LogP contribution in [0, 0.1) is 17.9 Å². The van der Waals surface area contributed by atoms with Crippen LogP contribution >= 0.6 is 0 Å². The number of hydrogen-bond donors (Lipinski definition) is 0. The molecule has 0 aliphatic heterocycles. The molecular formula is C51H36N6. The van der Waals surface area contributed by atoms with E-state index in [0.29, 0.717) is 28.7 Å². The van der Waals surface area contributed by atoms with Crippen molar-refractivity contribution in [2.45, 2.75) is 26.2 Å². The molecular weight excluding hydrogens is 697 g/mol. The summed E-state index contributed by atoms with van der Waals surface area (Å²) in [7, 11) is 0. The molecule has 0 aliphatic carbocycles. The molecule has 0 bridgehead atoms. The van der Waals surface area contributed by atoms with Gasteiger partial charge >= 0.3 is 0 Å². The molecule has 0 N–H and O–H groups in total. The highest BCUT2D eigenvalue weighted by molar-refractivity contribution is 6.11. The molecule has 0 saturated heterocycles. The fourth-order valence-corrected chi connectivity index (χ4v) is 7.50. The van der Waals surface area contributed by atoms with Crippen LogP contribution < -0.4 is 0 Å². The van der Waals surface area contributed by atoms with Crippen LogP contribution in [0.15, 0.2) is 164 Å². The van der Waals surface area contributed by atoms with Gasteiger partial charge in [0.2, 0.25) is 0 Å². The monoisotopic (exact) mass is 732 g/mol. The van der Waals surface area contributed by atoms with E-state index < -0.39 is 0 Å². The van der Waals surface area contributed by atoms with E-state index in [1.807, 2.05) is 109 Å². The third kappa shape index (κ3) is 6.50. The van der Waals surface area contributed by atoms with Crippen LogP contribution in [0.1, 0.15) is 31.9 Å². The van der Waals surface area contributed by atoms with Crippen molar-refractivity contribution in [1.29, 1.82) is 5.26 Å². The van der Waals surface area contributed by atoms with Crippen molar-refractivity contribution in [2.75, 3.05) is 0 Å². The summed E-state index contributed by atoms with van der Waals surface area (Å²) in [5.74, 6) is 1.67. The first-order chi connectivity index (χ1) is 27.8. The summed E-state index contributed by atoms with van der Waals surface area (Å²) in [6.07, 6.45) is 0. The van der Waals surface area contributed by atoms with Crippen molar-refractivity contribution in [1.82, 2.24) is 19.5 Å². The summed E-state index contributed by atoms with van der Waals surface area (Å²) in [4.78, 5) is 18.9. The summed E-state index contributed by atoms with van der Waals surface area (Å²) in [5.41, 5.74) is 11.8. The van der Waals surface area contributed by atoms with Gasteiger partial charge in [-0.05, 0) is 64.6 Å². The van der Waals surface area contributed by atoms with Crippen molar-refractivity contribution >= 4 is 27.5 Å².